The molecular formula is C15H23N3O2S. The Morgan fingerprint density at radius 3 is 2.48 bits per heavy atom. The van der Waals surface area contributed by atoms with Crippen molar-refractivity contribution in [2.24, 2.45) is 4.99 Å². The van der Waals surface area contributed by atoms with E-state index in [1.165, 1.54) is 19.1 Å². The molecule has 0 heterocycles. The maximum atomic E-state index is 11.4. The molecule has 0 radical (unpaired) electrons. The first-order chi connectivity index (χ1) is 9.99. The van der Waals surface area contributed by atoms with Crippen molar-refractivity contribution >= 4 is 15.8 Å². The Morgan fingerprint density at radius 2 is 1.95 bits per heavy atom. The Bertz CT molecular complexity index is 590. The van der Waals surface area contributed by atoms with Crippen molar-refractivity contribution in [1.82, 2.24) is 10.6 Å². The number of hydrogen-bond acceptors (Lipinski definition) is 3. The van der Waals surface area contributed by atoms with Crippen molar-refractivity contribution in [2.45, 2.75) is 37.1 Å². The summed E-state index contributed by atoms with van der Waals surface area (Å²) in [5.74, 6) is 0.868. The van der Waals surface area contributed by atoms with Crippen LogP contribution in [0.15, 0.2) is 34.2 Å². The van der Waals surface area contributed by atoms with E-state index < -0.39 is 9.84 Å². The Balaban J connectivity index is 1.89. The van der Waals surface area contributed by atoms with Gasteiger partial charge in [0, 0.05) is 25.4 Å². The molecule has 1 aromatic carbocycles. The highest BCUT2D eigenvalue weighted by Gasteiger charge is 2.21. The molecule has 0 saturated heterocycles. The summed E-state index contributed by atoms with van der Waals surface area (Å²) < 4.78 is 22.8. The third-order valence-corrected chi connectivity index (χ3v) is 4.41. The lowest BCUT2D eigenvalue weighted by Crippen LogP contribution is -2.38. The van der Waals surface area contributed by atoms with Crippen molar-refractivity contribution in [1.29, 1.82) is 0 Å². The molecule has 0 unspecified atom stereocenters. The third-order valence-electron chi connectivity index (χ3n) is 3.28. The second-order valence-corrected chi connectivity index (χ2v) is 7.36. The monoisotopic (exact) mass is 309 g/mol. The molecule has 1 aliphatic carbocycles. The predicted molar refractivity (Wildman–Crippen MR) is 85.4 cm³/mol. The Morgan fingerprint density at radius 1 is 1.29 bits per heavy atom. The van der Waals surface area contributed by atoms with Gasteiger partial charge in [0.05, 0.1) is 4.90 Å². The molecule has 2 rings (SSSR count). The van der Waals surface area contributed by atoms with Crippen molar-refractivity contribution in [2.75, 3.05) is 19.3 Å². The molecule has 1 aliphatic rings. The van der Waals surface area contributed by atoms with E-state index in [0.29, 0.717) is 17.5 Å². The van der Waals surface area contributed by atoms with Crippen LogP contribution < -0.4 is 10.6 Å². The number of rotatable bonds is 6. The largest absolute Gasteiger partial charge is 0.357 e. The lowest BCUT2D eigenvalue weighted by molar-refractivity contribution is 0.602. The van der Waals surface area contributed by atoms with Crippen LogP contribution in [0.25, 0.3) is 0 Å². The molecule has 6 heteroatoms. The zero-order chi connectivity index (χ0) is 15.3. The average molecular weight is 309 g/mol. The standard InChI is InChI=1S/C15H23N3O2S/c1-3-16-15(18-13-6-7-13)17-11-10-12-4-8-14(9-5-12)21(2,19)20/h4-5,8-9,13H,3,6-7,10-11H2,1-2H3,(H2,16,17,18). The minimum atomic E-state index is -3.11. The number of benzene rings is 1. The molecule has 0 spiro atoms. The molecule has 0 aromatic heterocycles. The van der Waals surface area contributed by atoms with Crippen molar-refractivity contribution in [3.8, 4) is 0 Å². The first kappa shape index (κ1) is 15.8. The molecule has 116 valence electrons. The highest BCUT2D eigenvalue weighted by atomic mass is 32.2. The SMILES string of the molecule is CCNC(=NCCc1ccc(S(C)(=O)=O)cc1)NC1CC1. The van der Waals surface area contributed by atoms with Gasteiger partial charge in [0.1, 0.15) is 0 Å². The predicted octanol–water partition coefficient (Wildman–Crippen LogP) is 1.35. The zero-order valence-corrected chi connectivity index (χ0v) is 13.4. The maximum absolute atomic E-state index is 11.4. The maximum Gasteiger partial charge on any atom is 0.191 e. The molecular weight excluding hydrogens is 286 g/mol. The Hall–Kier alpha value is -1.56. The van der Waals surface area contributed by atoms with Crippen LogP contribution in [0.3, 0.4) is 0 Å². The van der Waals surface area contributed by atoms with Crippen molar-refractivity contribution in [3.05, 3.63) is 29.8 Å². The van der Waals surface area contributed by atoms with Gasteiger partial charge in [0.25, 0.3) is 0 Å². The Kier molecular flexibility index (Phi) is 5.22. The molecule has 2 N–H and O–H groups in total. The molecule has 1 fully saturated rings. The fourth-order valence-corrected chi connectivity index (χ4v) is 2.57. The quantitative estimate of drug-likeness (QED) is 0.615. The highest BCUT2D eigenvalue weighted by molar-refractivity contribution is 7.90. The second-order valence-electron chi connectivity index (χ2n) is 5.35. The summed E-state index contributed by atoms with van der Waals surface area (Å²) in [7, 11) is -3.11. The lowest BCUT2D eigenvalue weighted by Gasteiger charge is -2.10. The number of aliphatic imine (C=N–C) groups is 1. The van der Waals surface area contributed by atoms with E-state index in [-0.39, 0.29) is 0 Å². The lowest BCUT2D eigenvalue weighted by atomic mass is 10.1. The van der Waals surface area contributed by atoms with E-state index in [1.54, 1.807) is 12.1 Å². The molecule has 0 atom stereocenters. The number of sulfone groups is 1. The summed E-state index contributed by atoms with van der Waals surface area (Å²) in [6.07, 6.45) is 4.46. The van der Waals surface area contributed by atoms with E-state index in [1.807, 2.05) is 19.1 Å². The van der Waals surface area contributed by atoms with Gasteiger partial charge in [0.2, 0.25) is 0 Å². The average Bonchev–Trinajstić information content (AvgIpc) is 3.22. The fourth-order valence-electron chi connectivity index (χ4n) is 1.94. The van der Waals surface area contributed by atoms with Gasteiger partial charge in [-0.05, 0) is 43.9 Å². The zero-order valence-electron chi connectivity index (χ0n) is 12.6. The van der Waals surface area contributed by atoms with E-state index in [0.717, 1.165) is 24.5 Å². The van der Waals surface area contributed by atoms with Crippen LogP contribution in [0.5, 0.6) is 0 Å². The smallest absolute Gasteiger partial charge is 0.191 e. The van der Waals surface area contributed by atoms with Gasteiger partial charge in [-0.25, -0.2) is 8.42 Å². The molecule has 0 amide bonds. The summed E-state index contributed by atoms with van der Waals surface area (Å²) in [5, 5.41) is 6.60. The van der Waals surface area contributed by atoms with Crippen LogP contribution in [0.4, 0.5) is 0 Å². The number of nitrogens with zero attached hydrogens (tertiary/aromatic N) is 1. The molecule has 0 bridgehead atoms. The first-order valence-electron chi connectivity index (χ1n) is 7.33. The summed E-state index contributed by atoms with van der Waals surface area (Å²) in [6, 6.07) is 7.60. The van der Waals surface area contributed by atoms with Gasteiger partial charge < -0.3 is 10.6 Å². The van der Waals surface area contributed by atoms with Gasteiger partial charge in [-0.2, -0.15) is 0 Å². The molecule has 1 saturated carbocycles. The molecule has 0 aliphatic heterocycles. The van der Waals surface area contributed by atoms with Crippen LogP contribution in [0.1, 0.15) is 25.3 Å². The first-order valence-corrected chi connectivity index (χ1v) is 9.22. The topological polar surface area (TPSA) is 70.6 Å². The minimum Gasteiger partial charge on any atom is -0.357 e. The molecule has 5 nitrogen and oxygen atoms in total. The van der Waals surface area contributed by atoms with E-state index in [4.69, 9.17) is 0 Å². The van der Waals surface area contributed by atoms with Crippen molar-refractivity contribution in [3.63, 3.8) is 0 Å². The normalized spacial score (nSPS) is 15.8. The van der Waals surface area contributed by atoms with E-state index in [2.05, 4.69) is 15.6 Å². The van der Waals surface area contributed by atoms with E-state index >= 15 is 0 Å². The van der Waals surface area contributed by atoms with Crippen LogP contribution in [-0.2, 0) is 16.3 Å². The second kappa shape index (κ2) is 6.93. The van der Waals surface area contributed by atoms with E-state index in [9.17, 15) is 8.42 Å². The fraction of sp³-hybridized carbons (Fsp3) is 0.533. The van der Waals surface area contributed by atoms with Gasteiger partial charge in [-0.3, -0.25) is 4.99 Å². The van der Waals surface area contributed by atoms with Crippen LogP contribution >= 0.6 is 0 Å². The highest BCUT2D eigenvalue weighted by Crippen LogP contribution is 2.18. The van der Waals surface area contributed by atoms with Gasteiger partial charge in [-0.1, -0.05) is 12.1 Å². The van der Waals surface area contributed by atoms with Crippen LogP contribution in [0, 0.1) is 0 Å². The van der Waals surface area contributed by atoms with Gasteiger partial charge in [-0.15, -0.1) is 0 Å². The summed E-state index contributed by atoms with van der Waals surface area (Å²) in [5.41, 5.74) is 1.09. The molecule has 21 heavy (non-hydrogen) atoms. The number of nitrogens with one attached hydrogen (secondary N) is 2. The summed E-state index contributed by atoms with van der Waals surface area (Å²) in [6.45, 7) is 3.58. The Labute approximate surface area is 126 Å². The van der Waals surface area contributed by atoms with Crippen molar-refractivity contribution < 1.29 is 8.42 Å². The van der Waals surface area contributed by atoms with Gasteiger partial charge in [0.15, 0.2) is 15.8 Å². The summed E-state index contributed by atoms with van der Waals surface area (Å²) >= 11 is 0. The minimum absolute atomic E-state index is 0.360. The number of hydrogen-bond donors (Lipinski definition) is 2. The molecule has 1 aromatic rings. The summed E-state index contributed by atoms with van der Waals surface area (Å²) in [4.78, 5) is 4.90. The number of guanidine groups is 1. The third kappa shape index (κ3) is 5.38. The van der Waals surface area contributed by atoms with Gasteiger partial charge >= 0.3 is 0 Å². The van der Waals surface area contributed by atoms with Crippen LogP contribution in [-0.4, -0.2) is 39.8 Å². The van der Waals surface area contributed by atoms with Crippen LogP contribution in [0.2, 0.25) is 0 Å².